The van der Waals surface area contributed by atoms with Crippen molar-refractivity contribution in [2.45, 2.75) is 57.9 Å². The fourth-order valence-electron chi connectivity index (χ4n) is 2.63. The summed E-state index contributed by atoms with van der Waals surface area (Å²) < 4.78 is 10.7. The van der Waals surface area contributed by atoms with Gasteiger partial charge in [0, 0.05) is 0 Å². The Morgan fingerprint density at radius 1 is 1.04 bits per heavy atom. The van der Waals surface area contributed by atoms with Crippen LogP contribution in [0.4, 0.5) is 0 Å². The number of benzene rings is 1. The van der Waals surface area contributed by atoms with E-state index in [4.69, 9.17) is 9.47 Å². The second kappa shape index (κ2) is 11.9. The monoisotopic (exact) mass is 335 g/mol. The Kier molecular flexibility index (Phi) is 10.2. The largest absolute Gasteiger partial charge is 0.494 e. The molecule has 0 saturated carbocycles. The number of rotatable bonds is 12. The van der Waals surface area contributed by atoms with Crippen LogP contribution in [0.3, 0.4) is 0 Å². The third kappa shape index (κ3) is 7.82. The average molecular weight is 335 g/mol. The van der Waals surface area contributed by atoms with E-state index in [0.29, 0.717) is 6.42 Å². The van der Waals surface area contributed by atoms with Crippen LogP contribution in [-0.2, 0) is 16.0 Å². The van der Waals surface area contributed by atoms with Crippen LogP contribution in [-0.4, -0.2) is 44.7 Å². The van der Waals surface area contributed by atoms with Gasteiger partial charge >= 0.3 is 5.97 Å². The van der Waals surface area contributed by atoms with Gasteiger partial charge in [-0.15, -0.1) is 0 Å². The molecule has 1 aromatic carbocycles. The molecule has 0 spiro atoms. The van der Waals surface area contributed by atoms with Gasteiger partial charge in [0.2, 0.25) is 0 Å². The molecule has 1 aromatic rings. The molecule has 0 heterocycles. The second-order valence-corrected chi connectivity index (χ2v) is 6.47. The second-order valence-electron chi connectivity index (χ2n) is 6.47. The summed E-state index contributed by atoms with van der Waals surface area (Å²) in [5, 5.41) is 0. The maximum Gasteiger partial charge on any atom is 0.323 e. The Balaban J connectivity index is 2.36. The third-order valence-corrected chi connectivity index (χ3v) is 4.22. The van der Waals surface area contributed by atoms with Crippen LogP contribution in [0.15, 0.2) is 24.3 Å². The molecule has 0 aromatic heterocycles. The van der Waals surface area contributed by atoms with Crippen molar-refractivity contribution in [3.05, 3.63) is 29.8 Å². The summed E-state index contributed by atoms with van der Waals surface area (Å²) in [6.07, 6.45) is 8.24. The van der Waals surface area contributed by atoms with E-state index < -0.39 is 0 Å². The van der Waals surface area contributed by atoms with E-state index in [1.54, 1.807) is 0 Å². The lowest BCUT2D eigenvalue weighted by molar-refractivity contribution is -0.145. The molecule has 4 nitrogen and oxygen atoms in total. The van der Waals surface area contributed by atoms with Gasteiger partial charge in [0.05, 0.1) is 13.7 Å². The van der Waals surface area contributed by atoms with Crippen molar-refractivity contribution in [2.24, 2.45) is 0 Å². The molecule has 0 N–H and O–H groups in total. The number of hydrogen-bond acceptors (Lipinski definition) is 4. The molecule has 0 unspecified atom stereocenters. The fraction of sp³-hybridized carbons (Fsp3) is 0.650. The first-order valence-corrected chi connectivity index (χ1v) is 9.04. The highest BCUT2D eigenvalue weighted by atomic mass is 16.5. The fourth-order valence-corrected chi connectivity index (χ4v) is 2.63. The van der Waals surface area contributed by atoms with E-state index in [1.165, 1.54) is 39.2 Å². The number of carbonyl (C=O) groups excluding carboxylic acids is 1. The molecule has 136 valence electrons. The molecule has 0 amide bonds. The van der Waals surface area contributed by atoms with Gasteiger partial charge < -0.3 is 9.47 Å². The van der Waals surface area contributed by atoms with Crippen LogP contribution in [0.5, 0.6) is 5.75 Å². The van der Waals surface area contributed by atoms with Gasteiger partial charge in [-0.25, -0.2) is 0 Å². The van der Waals surface area contributed by atoms with Gasteiger partial charge in [-0.3, -0.25) is 9.69 Å². The molecule has 0 aliphatic rings. The van der Waals surface area contributed by atoms with Gasteiger partial charge in [0.1, 0.15) is 11.8 Å². The Morgan fingerprint density at radius 3 is 2.25 bits per heavy atom. The molecule has 0 fully saturated rings. The van der Waals surface area contributed by atoms with E-state index in [9.17, 15) is 4.79 Å². The molecular formula is C20H33NO3. The van der Waals surface area contributed by atoms with Crippen LogP contribution in [0.1, 0.15) is 51.0 Å². The number of ether oxygens (including phenoxy) is 2. The number of esters is 1. The minimum Gasteiger partial charge on any atom is -0.494 e. The smallest absolute Gasteiger partial charge is 0.323 e. The summed E-state index contributed by atoms with van der Waals surface area (Å²) in [7, 11) is 5.21. The summed E-state index contributed by atoms with van der Waals surface area (Å²) >= 11 is 0. The van der Waals surface area contributed by atoms with Crippen molar-refractivity contribution >= 4 is 5.97 Å². The topological polar surface area (TPSA) is 38.8 Å². The molecule has 0 bridgehead atoms. The molecule has 1 rings (SSSR count). The Labute approximate surface area is 147 Å². The lowest BCUT2D eigenvalue weighted by Crippen LogP contribution is -2.38. The molecule has 0 radical (unpaired) electrons. The predicted molar refractivity (Wildman–Crippen MR) is 98.5 cm³/mol. The van der Waals surface area contributed by atoms with Gasteiger partial charge in [0.15, 0.2) is 0 Å². The molecule has 4 heteroatoms. The maximum absolute atomic E-state index is 11.8. The van der Waals surface area contributed by atoms with Crippen LogP contribution < -0.4 is 4.74 Å². The first kappa shape index (κ1) is 20.5. The number of carbonyl (C=O) groups is 1. The minimum absolute atomic E-state index is 0.205. The van der Waals surface area contributed by atoms with Gasteiger partial charge in [-0.2, -0.15) is 0 Å². The van der Waals surface area contributed by atoms with Gasteiger partial charge in [-0.05, 0) is 44.6 Å². The van der Waals surface area contributed by atoms with E-state index in [-0.39, 0.29) is 12.0 Å². The molecule has 1 atom stereocenters. The van der Waals surface area contributed by atoms with E-state index in [2.05, 4.69) is 6.92 Å². The molecule has 0 saturated heterocycles. The van der Waals surface area contributed by atoms with E-state index >= 15 is 0 Å². The first-order valence-electron chi connectivity index (χ1n) is 9.04. The number of likely N-dealkylation sites (N-methyl/N-ethyl adjacent to an activating group) is 1. The van der Waals surface area contributed by atoms with Crippen LogP contribution >= 0.6 is 0 Å². The van der Waals surface area contributed by atoms with E-state index in [1.807, 2.05) is 43.3 Å². The summed E-state index contributed by atoms with van der Waals surface area (Å²) in [6.45, 7) is 3.01. The summed E-state index contributed by atoms with van der Waals surface area (Å²) in [5.41, 5.74) is 1.10. The molecular weight excluding hydrogens is 302 g/mol. The zero-order chi connectivity index (χ0) is 17.8. The van der Waals surface area contributed by atoms with Crippen LogP contribution in [0, 0.1) is 0 Å². The lowest BCUT2D eigenvalue weighted by Gasteiger charge is -2.21. The lowest BCUT2D eigenvalue weighted by atomic mass is 10.1. The third-order valence-electron chi connectivity index (χ3n) is 4.22. The predicted octanol–water partition coefficient (Wildman–Crippen LogP) is 4.07. The van der Waals surface area contributed by atoms with Crippen molar-refractivity contribution in [3.63, 3.8) is 0 Å². The quantitative estimate of drug-likeness (QED) is 0.426. The van der Waals surface area contributed by atoms with Crippen molar-refractivity contribution in [1.29, 1.82) is 0 Å². The van der Waals surface area contributed by atoms with Crippen molar-refractivity contribution in [3.8, 4) is 5.75 Å². The number of nitrogens with zero attached hydrogens (tertiary/aromatic N) is 1. The number of hydrogen-bond donors (Lipinski definition) is 0. The SMILES string of the molecule is CCCCCCCCOc1ccc(C[C@@H](C(=O)OC)N(C)C)cc1. The average Bonchev–Trinajstić information content (AvgIpc) is 2.59. The Morgan fingerprint density at radius 2 is 1.67 bits per heavy atom. The highest BCUT2D eigenvalue weighted by Crippen LogP contribution is 2.16. The summed E-state index contributed by atoms with van der Waals surface area (Å²) in [4.78, 5) is 13.7. The molecule has 0 aliphatic carbocycles. The van der Waals surface area contributed by atoms with Crippen LogP contribution in [0.25, 0.3) is 0 Å². The highest BCUT2D eigenvalue weighted by molar-refractivity contribution is 5.76. The zero-order valence-electron chi connectivity index (χ0n) is 15.7. The standard InChI is InChI=1S/C20H33NO3/c1-5-6-7-8-9-10-15-24-18-13-11-17(12-14-18)16-19(21(2)3)20(22)23-4/h11-14,19H,5-10,15-16H2,1-4H3/t19-/m0/s1. The van der Waals surface area contributed by atoms with Crippen molar-refractivity contribution < 1.29 is 14.3 Å². The molecule has 24 heavy (non-hydrogen) atoms. The Hall–Kier alpha value is -1.55. The van der Waals surface area contributed by atoms with Crippen molar-refractivity contribution in [1.82, 2.24) is 4.90 Å². The normalized spacial score (nSPS) is 12.2. The molecule has 0 aliphatic heterocycles. The number of unbranched alkanes of at least 4 members (excludes halogenated alkanes) is 5. The number of methoxy groups -OCH3 is 1. The van der Waals surface area contributed by atoms with Gasteiger partial charge in [-0.1, -0.05) is 51.2 Å². The highest BCUT2D eigenvalue weighted by Gasteiger charge is 2.21. The Bertz CT molecular complexity index is 456. The van der Waals surface area contributed by atoms with Crippen LogP contribution in [0.2, 0.25) is 0 Å². The summed E-state index contributed by atoms with van der Waals surface area (Å²) in [5.74, 6) is 0.690. The van der Waals surface area contributed by atoms with Crippen molar-refractivity contribution in [2.75, 3.05) is 27.8 Å². The van der Waals surface area contributed by atoms with E-state index in [0.717, 1.165) is 24.3 Å². The maximum atomic E-state index is 11.8. The van der Waals surface area contributed by atoms with Gasteiger partial charge in [0.25, 0.3) is 0 Å². The zero-order valence-corrected chi connectivity index (χ0v) is 15.7. The minimum atomic E-state index is -0.259. The summed E-state index contributed by atoms with van der Waals surface area (Å²) in [6, 6.07) is 7.75. The first-order chi connectivity index (χ1) is 11.6.